The van der Waals surface area contributed by atoms with Crippen LogP contribution >= 0.6 is 0 Å². The van der Waals surface area contributed by atoms with Crippen LogP contribution in [-0.2, 0) is 27.3 Å². The van der Waals surface area contributed by atoms with Gasteiger partial charge in [0.05, 0.1) is 17.7 Å². The van der Waals surface area contributed by atoms with Crippen LogP contribution in [0.5, 0.6) is 0 Å². The van der Waals surface area contributed by atoms with Crippen molar-refractivity contribution in [2.24, 2.45) is 5.92 Å². The van der Waals surface area contributed by atoms with Crippen molar-refractivity contribution >= 4 is 28.4 Å². The Morgan fingerprint density at radius 3 is 2.76 bits per heavy atom. The molecule has 0 radical (unpaired) electrons. The third kappa shape index (κ3) is 4.35. The van der Waals surface area contributed by atoms with Gasteiger partial charge in [0.15, 0.2) is 0 Å². The topological polar surface area (TPSA) is 92.6 Å². The van der Waals surface area contributed by atoms with Gasteiger partial charge in [-0.25, -0.2) is 4.98 Å². The average molecular weight is 503 g/mol. The molecule has 1 N–H and O–H groups in total. The zero-order valence-corrected chi connectivity index (χ0v) is 21.6. The molecule has 5 heterocycles. The van der Waals surface area contributed by atoms with E-state index in [0.717, 1.165) is 85.4 Å². The molecule has 6 rings (SSSR count). The summed E-state index contributed by atoms with van der Waals surface area (Å²) in [5, 5.41) is 10.1. The summed E-state index contributed by atoms with van der Waals surface area (Å²) < 4.78 is 7.84. The summed E-state index contributed by atoms with van der Waals surface area (Å²) >= 11 is 0. The van der Waals surface area contributed by atoms with Crippen LogP contribution in [0.15, 0.2) is 30.5 Å². The number of nitrogens with zero attached hydrogens (tertiary/aromatic N) is 5. The lowest BCUT2D eigenvalue weighted by Gasteiger charge is -2.29. The Hall–Kier alpha value is -3.46. The summed E-state index contributed by atoms with van der Waals surface area (Å²) in [6.07, 6.45) is 5.50. The van der Waals surface area contributed by atoms with Crippen LogP contribution in [-0.4, -0.2) is 71.4 Å². The largest absolute Gasteiger partial charge is 0.381 e. The highest BCUT2D eigenvalue weighted by Crippen LogP contribution is 2.37. The molecular weight excluding hydrogens is 468 g/mol. The fourth-order valence-corrected chi connectivity index (χ4v) is 6.09. The fraction of sp³-hybridized carbons (Fsp3) is 0.500. The first-order valence-corrected chi connectivity index (χ1v) is 13.3. The Labute approximate surface area is 216 Å². The number of carbonyl (C=O) groups excluding carboxylic acids is 2. The molecule has 3 aliphatic rings. The van der Waals surface area contributed by atoms with Gasteiger partial charge in [-0.15, -0.1) is 0 Å². The number of hydrogen-bond donors (Lipinski definition) is 1. The molecule has 0 aliphatic carbocycles. The van der Waals surface area contributed by atoms with E-state index in [9.17, 15) is 9.59 Å². The van der Waals surface area contributed by atoms with Crippen molar-refractivity contribution in [3.8, 4) is 11.3 Å². The number of anilines is 1. The summed E-state index contributed by atoms with van der Waals surface area (Å²) in [6, 6.07) is 8.74. The van der Waals surface area contributed by atoms with Gasteiger partial charge >= 0.3 is 0 Å². The van der Waals surface area contributed by atoms with E-state index < -0.39 is 0 Å². The van der Waals surface area contributed by atoms with Crippen LogP contribution < -0.4 is 10.2 Å². The number of hydrogen-bond acceptors (Lipinski definition) is 6. The molecule has 0 saturated carbocycles. The third-order valence-corrected chi connectivity index (χ3v) is 8.20. The van der Waals surface area contributed by atoms with Gasteiger partial charge < -0.3 is 19.9 Å². The normalized spacial score (nSPS) is 20.3. The van der Waals surface area contributed by atoms with Crippen molar-refractivity contribution in [2.45, 2.75) is 45.2 Å². The van der Waals surface area contributed by atoms with Crippen LogP contribution in [0.4, 0.5) is 5.82 Å². The summed E-state index contributed by atoms with van der Waals surface area (Å²) in [5.74, 6) is 1.09. The molecule has 9 nitrogen and oxygen atoms in total. The van der Waals surface area contributed by atoms with E-state index in [1.165, 1.54) is 5.69 Å². The van der Waals surface area contributed by atoms with Crippen molar-refractivity contribution in [2.75, 3.05) is 44.8 Å². The van der Waals surface area contributed by atoms with E-state index in [2.05, 4.69) is 39.2 Å². The molecule has 0 spiro atoms. The van der Waals surface area contributed by atoms with Gasteiger partial charge in [-0.05, 0) is 30.7 Å². The second kappa shape index (κ2) is 9.78. The van der Waals surface area contributed by atoms with Crippen molar-refractivity contribution < 1.29 is 14.3 Å². The molecule has 194 valence electrons. The average Bonchev–Trinajstić information content (AvgIpc) is 3.58. The summed E-state index contributed by atoms with van der Waals surface area (Å²) in [7, 11) is 1.69. The molecule has 9 heteroatoms. The Balaban J connectivity index is 1.39. The zero-order valence-electron chi connectivity index (χ0n) is 21.6. The number of rotatable bonds is 4. The summed E-state index contributed by atoms with van der Waals surface area (Å²) in [4.78, 5) is 33.3. The predicted molar refractivity (Wildman–Crippen MR) is 141 cm³/mol. The van der Waals surface area contributed by atoms with Gasteiger partial charge in [-0.1, -0.05) is 18.2 Å². The molecule has 1 aromatic carbocycles. The predicted octanol–water partition coefficient (Wildman–Crippen LogP) is 2.93. The minimum Gasteiger partial charge on any atom is -0.381 e. The maximum atomic E-state index is 12.3. The first-order valence-electron chi connectivity index (χ1n) is 13.3. The summed E-state index contributed by atoms with van der Waals surface area (Å²) in [6.45, 7) is 5.97. The van der Waals surface area contributed by atoms with Crippen LogP contribution in [0.3, 0.4) is 0 Å². The highest BCUT2D eigenvalue weighted by molar-refractivity contribution is 5.97. The number of ether oxygens (including phenoxy) is 1. The molecule has 1 atom stereocenters. The maximum absolute atomic E-state index is 12.3. The van der Waals surface area contributed by atoms with Crippen LogP contribution in [0.2, 0.25) is 0 Å². The van der Waals surface area contributed by atoms with E-state index in [1.54, 1.807) is 14.0 Å². The number of fused-ring (bicyclic) bond motifs is 2. The number of amides is 2. The minimum atomic E-state index is -0.00118. The van der Waals surface area contributed by atoms with E-state index in [-0.39, 0.29) is 17.7 Å². The van der Waals surface area contributed by atoms with Crippen molar-refractivity contribution in [1.82, 2.24) is 25.0 Å². The van der Waals surface area contributed by atoms with Gasteiger partial charge in [0.1, 0.15) is 5.82 Å². The smallest absolute Gasteiger partial charge is 0.224 e. The lowest BCUT2D eigenvalue weighted by molar-refractivity contribution is -0.129. The van der Waals surface area contributed by atoms with E-state index in [4.69, 9.17) is 14.8 Å². The SMILES string of the molecule is CNC(=O)[C@@H]1CCN(c2cc3cccc(-c4nn(C5CCOCC5)c5c4CN(C(C)=O)CC5)c3cn2)C1. The number of benzene rings is 1. The first-order chi connectivity index (χ1) is 18.0. The van der Waals surface area contributed by atoms with Crippen molar-refractivity contribution in [3.63, 3.8) is 0 Å². The minimum absolute atomic E-state index is 0.00118. The van der Waals surface area contributed by atoms with Gasteiger partial charge in [-0.3, -0.25) is 14.3 Å². The van der Waals surface area contributed by atoms with Gasteiger partial charge in [0, 0.05) is 88.2 Å². The molecule has 37 heavy (non-hydrogen) atoms. The quantitative estimate of drug-likeness (QED) is 0.590. The van der Waals surface area contributed by atoms with Crippen LogP contribution in [0.1, 0.15) is 43.5 Å². The van der Waals surface area contributed by atoms with Gasteiger partial charge in [0.25, 0.3) is 0 Å². The molecule has 3 aliphatic heterocycles. The van der Waals surface area contributed by atoms with E-state index in [1.807, 2.05) is 11.1 Å². The second-order valence-electron chi connectivity index (χ2n) is 10.4. The highest BCUT2D eigenvalue weighted by Gasteiger charge is 2.31. The fourth-order valence-electron chi connectivity index (χ4n) is 6.09. The third-order valence-electron chi connectivity index (χ3n) is 8.20. The maximum Gasteiger partial charge on any atom is 0.224 e. The monoisotopic (exact) mass is 502 g/mol. The zero-order chi connectivity index (χ0) is 25.5. The standard InChI is InChI=1S/C28H34N6O3/c1-18(35)32-11-7-25-24(17-32)27(31-34(25)21-8-12-37-13-9-21)22-5-3-4-19-14-26(30-15-23(19)22)33-10-6-20(16-33)28(36)29-2/h3-5,14-15,20-21H,6-13,16-17H2,1-2H3,(H,29,36)/t20-/m1/s1. The lowest BCUT2D eigenvalue weighted by Crippen LogP contribution is -2.35. The molecular formula is C28H34N6O3. The molecule has 2 aromatic heterocycles. The first kappa shape index (κ1) is 23.9. The van der Waals surface area contributed by atoms with Crippen molar-refractivity contribution in [3.05, 3.63) is 41.7 Å². The van der Waals surface area contributed by atoms with Gasteiger partial charge in [-0.2, -0.15) is 5.10 Å². The Morgan fingerprint density at radius 2 is 1.97 bits per heavy atom. The number of pyridine rings is 1. The summed E-state index contributed by atoms with van der Waals surface area (Å²) in [5.41, 5.74) is 4.40. The number of nitrogens with one attached hydrogen (secondary N) is 1. The molecule has 0 unspecified atom stereocenters. The van der Waals surface area contributed by atoms with E-state index in [0.29, 0.717) is 19.1 Å². The molecule has 2 saturated heterocycles. The Kier molecular flexibility index (Phi) is 6.32. The van der Waals surface area contributed by atoms with Crippen molar-refractivity contribution in [1.29, 1.82) is 0 Å². The van der Waals surface area contributed by atoms with Crippen LogP contribution in [0.25, 0.3) is 22.0 Å². The molecule has 2 amide bonds. The van der Waals surface area contributed by atoms with E-state index >= 15 is 0 Å². The molecule has 2 fully saturated rings. The molecule has 3 aromatic rings. The molecule has 0 bridgehead atoms. The van der Waals surface area contributed by atoms with Gasteiger partial charge in [0.2, 0.25) is 11.8 Å². The Bertz CT molecular complexity index is 1350. The second-order valence-corrected chi connectivity index (χ2v) is 10.4. The Morgan fingerprint density at radius 1 is 1.14 bits per heavy atom. The number of carbonyl (C=O) groups is 2. The number of aromatic nitrogens is 3. The highest BCUT2D eigenvalue weighted by atomic mass is 16.5. The lowest BCUT2D eigenvalue weighted by atomic mass is 9.97. The van der Waals surface area contributed by atoms with Crippen LogP contribution in [0, 0.1) is 5.92 Å².